The molecule has 0 radical (unpaired) electrons. The fourth-order valence-corrected chi connectivity index (χ4v) is 2.96. The molecular weight excluding hydrogens is 326 g/mol. The summed E-state index contributed by atoms with van der Waals surface area (Å²) in [6.07, 6.45) is 1.96. The maximum atomic E-state index is 12.3. The number of rotatable bonds is 6. The second-order valence-corrected chi connectivity index (χ2v) is 6.05. The van der Waals surface area contributed by atoms with Crippen molar-refractivity contribution in [1.29, 1.82) is 0 Å². The van der Waals surface area contributed by atoms with E-state index >= 15 is 0 Å². The van der Waals surface area contributed by atoms with E-state index in [0.29, 0.717) is 17.8 Å². The van der Waals surface area contributed by atoms with E-state index in [0.717, 1.165) is 17.6 Å². The van der Waals surface area contributed by atoms with E-state index in [9.17, 15) is 9.59 Å². The topological polar surface area (TPSA) is 74.0 Å². The number of para-hydroxylation sites is 1. The van der Waals surface area contributed by atoms with Gasteiger partial charge >= 0.3 is 0 Å². The SMILES string of the molecule is C=CC(=O)Nc1ccc(C(=O)NCCc2c(C)[nH]c3ccccc23)cc1. The number of anilines is 1. The zero-order valence-electron chi connectivity index (χ0n) is 14.6. The third kappa shape index (κ3) is 3.83. The molecule has 0 spiro atoms. The molecule has 3 N–H and O–H groups in total. The van der Waals surface area contributed by atoms with Crippen molar-refractivity contribution in [2.75, 3.05) is 11.9 Å². The second kappa shape index (κ2) is 7.70. The molecule has 0 aliphatic carbocycles. The van der Waals surface area contributed by atoms with Gasteiger partial charge < -0.3 is 15.6 Å². The maximum absolute atomic E-state index is 12.3. The summed E-state index contributed by atoms with van der Waals surface area (Å²) in [6, 6.07) is 14.9. The van der Waals surface area contributed by atoms with E-state index in [2.05, 4.69) is 34.3 Å². The fourth-order valence-electron chi connectivity index (χ4n) is 2.96. The van der Waals surface area contributed by atoms with Gasteiger partial charge in [-0.1, -0.05) is 24.8 Å². The zero-order valence-corrected chi connectivity index (χ0v) is 14.6. The van der Waals surface area contributed by atoms with Gasteiger partial charge in [0, 0.05) is 34.4 Å². The van der Waals surface area contributed by atoms with Crippen molar-refractivity contribution in [2.24, 2.45) is 0 Å². The Morgan fingerprint density at radius 3 is 2.58 bits per heavy atom. The quantitative estimate of drug-likeness (QED) is 0.596. The molecule has 0 saturated heterocycles. The summed E-state index contributed by atoms with van der Waals surface area (Å²) in [5.74, 6) is -0.416. The van der Waals surface area contributed by atoms with Gasteiger partial charge in [-0.25, -0.2) is 0 Å². The van der Waals surface area contributed by atoms with Crippen molar-refractivity contribution >= 4 is 28.4 Å². The highest BCUT2D eigenvalue weighted by molar-refractivity contribution is 5.99. The van der Waals surface area contributed by atoms with Crippen LogP contribution >= 0.6 is 0 Å². The molecule has 0 unspecified atom stereocenters. The monoisotopic (exact) mass is 347 g/mol. The number of carbonyl (C=O) groups excluding carboxylic acids is 2. The Bertz CT molecular complexity index is 955. The number of nitrogens with one attached hydrogen (secondary N) is 3. The van der Waals surface area contributed by atoms with Crippen molar-refractivity contribution in [1.82, 2.24) is 10.3 Å². The fraction of sp³-hybridized carbons (Fsp3) is 0.143. The number of hydrogen-bond acceptors (Lipinski definition) is 2. The average molecular weight is 347 g/mol. The Kier molecular flexibility index (Phi) is 5.17. The maximum Gasteiger partial charge on any atom is 0.251 e. The van der Waals surface area contributed by atoms with Crippen LogP contribution in [0, 0.1) is 6.92 Å². The van der Waals surface area contributed by atoms with Gasteiger partial charge in [0.25, 0.3) is 5.91 Å². The predicted molar refractivity (Wildman–Crippen MR) is 104 cm³/mol. The molecule has 2 amide bonds. The number of fused-ring (bicyclic) bond motifs is 1. The van der Waals surface area contributed by atoms with Crippen molar-refractivity contribution in [3.05, 3.63) is 78.0 Å². The number of aromatic amines is 1. The smallest absolute Gasteiger partial charge is 0.251 e. The first kappa shape index (κ1) is 17.5. The van der Waals surface area contributed by atoms with Crippen LogP contribution in [0.1, 0.15) is 21.6 Å². The molecule has 5 heteroatoms. The highest BCUT2D eigenvalue weighted by Gasteiger charge is 2.09. The molecule has 132 valence electrons. The van der Waals surface area contributed by atoms with Gasteiger partial charge in [-0.15, -0.1) is 0 Å². The van der Waals surface area contributed by atoms with Crippen molar-refractivity contribution in [3.63, 3.8) is 0 Å². The highest BCUT2D eigenvalue weighted by Crippen LogP contribution is 2.22. The van der Waals surface area contributed by atoms with Gasteiger partial charge in [-0.2, -0.15) is 0 Å². The van der Waals surface area contributed by atoms with E-state index in [1.807, 2.05) is 19.1 Å². The van der Waals surface area contributed by atoms with E-state index in [1.54, 1.807) is 24.3 Å². The van der Waals surface area contributed by atoms with E-state index in [1.165, 1.54) is 17.0 Å². The number of aromatic nitrogens is 1. The predicted octanol–water partition coefficient (Wildman–Crippen LogP) is 3.57. The van der Waals surface area contributed by atoms with Crippen LogP contribution in [0.4, 0.5) is 5.69 Å². The Morgan fingerprint density at radius 1 is 1.12 bits per heavy atom. The van der Waals surface area contributed by atoms with Gasteiger partial charge in [0.15, 0.2) is 0 Å². The van der Waals surface area contributed by atoms with Crippen molar-refractivity contribution in [2.45, 2.75) is 13.3 Å². The largest absolute Gasteiger partial charge is 0.358 e. The summed E-state index contributed by atoms with van der Waals surface area (Å²) in [6.45, 7) is 6.01. The Hall–Kier alpha value is -3.34. The Balaban J connectivity index is 1.59. The molecule has 1 heterocycles. The van der Waals surface area contributed by atoms with E-state index in [4.69, 9.17) is 0 Å². The van der Waals surface area contributed by atoms with Crippen LogP contribution in [0.2, 0.25) is 0 Å². The number of H-pyrrole nitrogens is 1. The summed E-state index contributed by atoms with van der Waals surface area (Å²) in [7, 11) is 0. The minimum atomic E-state index is -0.281. The van der Waals surface area contributed by atoms with Crippen LogP contribution in [0.15, 0.2) is 61.2 Å². The lowest BCUT2D eigenvalue weighted by molar-refractivity contribution is -0.111. The first-order valence-corrected chi connectivity index (χ1v) is 8.46. The van der Waals surface area contributed by atoms with Gasteiger partial charge in [0.1, 0.15) is 0 Å². The molecule has 1 aromatic heterocycles. The lowest BCUT2D eigenvalue weighted by Crippen LogP contribution is -2.25. The molecule has 0 fully saturated rings. The van der Waals surface area contributed by atoms with Gasteiger partial charge in [0.2, 0.25) is 5.91 Å². The minimum Gasteiger partial charge on any atom is -0.358 e. The van der Waals surface area contributed by atoms with Crippen molar-refractivity contribution < 1.29 is 9.59 Å². The molecule has 0 saturated carbocycles. The molecule has 5 nitrogen and oxygen atoms in total. The third-order valence-corrected chi connectivity index (χ3v) is 4.29. The number of amides is 2. The molecular formula is C21H21N3O2. The summed E-state index contributed by atoms with van der Waals surface area (Å²) < 4.78 is 0. The average Bonchev–Trinajstić information content (AvgIpc) is 2.97. The molecule has 0 bridgehead atoms. The highest BCUT2D eigenvalue weighted by atomic mass is 16.2. The minimum absolute atomic E-state index is 0.135. The van der Waals surface area contributed by atoms with Crippen LogP contribution in [-0.4, -0.2) is 23.3 Å². The van der Waals surface area contributed by atoms with Crippen LogP contribution in [-0.2, 0) is 11.2 Å². The summed E-state index contributed by atoms with van der Waals surface area (Å²) in [5.41, 5.74) is 4.65. The third-order valence-electron chi connectivity index (χ3n) is 4.29. The van der Waals surface area contributed by atoms with Crippen molar-refractivity contribution in [3.8, 4) is 0 Å². The molecule has 3 aromatic rings. The lowest BCUT2D eigenvalue weighted by atomic mass is 10.1. The van der Waals surface area contributed by atoms with Gasteiger partial charge in [0.05, 0.1) is 0 Å². The van der Waals surface area contributed by atoms with E-state index in [-0.39, 0.29) is 11.8 Å². The zero-order chi connectivity index (χ0) is 18.5. The summed E-state index contributed by atoms with van der Waals surface area (Å²) >= 11 is 0. The number of benzene rings is 2. The van der Waals surface area contributed by atoms with Crippen LogP contribution in [0.5, 0.6) is 0 Å². The number of carbonyl (C=O) groups is 2. The first-order chi connectivity index (χ1) is 12.6. The van der Waals surface area contributed by atoms with Crippen LogP contribution < -0.4 is 10.6 Å². The van der Waals surface area contributed by atoms with E-state index < -0.39 is 0 Å². The molecule has 2 aromatic carbocycles. The van der Waals surface area contributed by atoms with Gasteiger partial charge in [-0.3, -0.25) is 9.59 Å². The standard InChI is InChI=1S/C21H21N3O2/c1-3-20(25)24-16-10-8-15(9-11-16)21(26)22-13-12-17-14(2)23-19-7-5-4-6-18(17)19/h3-11,23H,1,12-13H2,2H3,(H,22,26)(H,24,25). The lowest BCUT2D eigenvalue weighted by Gasteiger charge is -2.07. The van der Waals surface area contributed by atoms with Crippen LogP contribution in [0.3, 0.4) is 0 Å². The summed E-state index contributed by atoms with van der Waals surface area (Å²) in [4.78, 5) is 26.9. The van der Waals surface area contributed by atoms with Gasteiger partial charge in [-0.05, 0) is 55.3 Å². The Labute approximate surface area is 152 Å². The summed E-state index contributed by atoms with van der Waals surface area (Å²) in [5, 5.41) is 6.79. The normalized spacial score (nSPS) is 10.5. The second-order valence-electron chi connectivity index (χ2n) is 6.05. The Morgan fingerprint density at radius 2 is 1.85 bits per heavy atom. The molecule has 0 aliphatic rings. The number of hydrogen-bond donors (Lipinski definition) is 3. The molecule has 0 atom stereocenters. The number of aryl methyl sites for hydroxylation is 1. The molecule has 0 aliphatic heterocycles. The van der Waals surface area contributed by atoms with Crippen LogP contribution in [0.25, 0.3) is 10.9 Å². The molecule has 26 heavy (non-hydrogen) atoms. The molecule has 3 rings (SSSR count). The first-order valence-electron chi connectivity index (χ1n) is 8.46.